The Hall–Kier alpha value is -0.770. The first kappa shape index (κ1) is 20.3. The fraction of sp³-hybridized carbons (Fsp3) is 0.947. The molecule has 0 bridgehead atoms. The molecule has 1 saturated carbocycles. The summed E-state index contributed by atoms with van der Waals surface area (Å²) < 4.78 is 5.37. The molecule has 1 rings (SSSR count). The van der Waals surface area contributed by atoms with Crippen LogP contribution >= 0.6 is 0 Å². The number of nitrogens with one attached hydrogen (secondary N) is 1. The predicted molar refractivity (Wildman–Crippen MR) is 96.7 cm³/mol. The number of ether oxygens (including phenoxy) is 1. The molecule has 1 aliphatic rings. The van der Waals surface area contributed by atoms with E-state index >= 15 is 0 Å². The molecule has 0 aromatic carbocycles. The zero-order valence-corrected chi connectivity index (χ0v) is 16.6. The van der Waals surface area contributed by atoms with Gasteiger partial charge in [0.05, 0.1) is 0 Å². The van der Waals surface area contributed by atoms with E-state index < -0.39 is 5.60 Å². The number of carbonyl (C=O) groups excluding carboxylic acids is 1. The second kappa shape index (κ2) is 7.42. The third-order valence-electron chi connectivity index (χ3n) is 4.36. The summed E-state index contributed by atoms with van der Waals surface area (Å²) in [6.45, 7) is 16.9. The molecular formula is C19H38N2O2. The summed E-state index contributed by atoms with van der Waals surface area (Å²) in [5.74, 6) is 0. The molecular weight excluding hydrogens is 288 g/mol. The highest BCUT2D eigenvalue weighted by Crippen LogP contribution is 2.45. The molecule has 136 valence electrons. The van der Waals surface area contributed by atoms with Gasteiger partial charge in [-0.2, -0.15) is 0 Å². The Labute approximate surface area is 143 Å². The molecule has 0 heterocycles. The molecule has 0 aromatic heterocycles. The Morgan fingerprint density at radius 2 is 1.70 bits per heavy atom. The first-order valence-electron chi connectivity index (χ1n) is 8.97. The van der Waals surface area contributed by atoms with Gasteiger partial charge in [-0.1, -0.05) is 27.7 Å². The van der Waals surface area contributed by atoms with Crippen molar-refractivity contribution in [3.63, 3.8) is 0 Å². The summed E-state index contributed by atoms with van der Waals surface area (Å²) in [5, 5.41) is 3.70. The molecule has 1 fully saturated rings. The Kier molecular flexibility index (Phi) is 6.54. The van der Waals surface area contributed by atoms with Crippen LogP contribution < -0.4 is 5.32 Å². The summed E-state index contributed by atoms with van der Waals surface area (Å²) in [7, 11) is 1.81. The van der Waals surface area contributed by atoms with E-state index in [9.17, 15) is 4.79 Å². The van der Waals surface area contributed by atoms with Gasteiger partial charge in [0.15, 0.2) is 0 Å². The Morgan fingerprint density at radius 1 is 1.17 bits per heavy atom. The topological polar surface area (TPSA) is 41.6 Å². The Bertz CT molecular complexity index is 381. The lowest BCUT2D eigenvalue weighted by Crippen LogP contribution is -2.44. The molecule has 0 saturated heterocycles. The van der Waals surface area contributed by atoms with Crippen LogP contribution in [0, 0.1) is 10.8 Å². The zero-order chi connectivity index (χ0) is 17.9. The van der Waals surface area contributed by atoms with Crippen LogP contribution in [0.2, 0.25) is 0 Å². The van der Waals surface area contributed by atoms with E-state index in [1.807, 2.05) is 20.8 Å². The third kappa shape index (κ3) is 8.05. The van der Waals surface area contributed by atoms with Crippen molar-refractivity contribution in [3.05, 3.63) is 0 Å². The van der Waals surface area contributed by atoms with E-state index in [0.29, 0.717) is 16.9 Å². The van der Waals surface area contributed by atoms with Crippen LogP contribution in [0.15, 0.2) is 0 Å². The van der Waals surface area contributed by atoms with E-state index in [1.54, 1.807) is 11.9 Å². The van der Waals surface area contributed by atoms with Crippen LogP contribution in [0.4, 0.5) is 4.79 Å². The van der Waals surface area contributed by atoms with Gasteiger partial charge in [-0.3, -0.25) is 0 Å². The summed E-state index contributed by atoms with van der Waals surface area (Å²) in [6.07, 6.45) is 4.47. The smallest absolute Gasteiger partial charge is 0.410 e. The van der Waals surface area contributed by atoms with Gasteiger partial charge >= 0.3 is 6.09 Å². The van der Waals surface area contributed by atoms with Gasteiger partial charge in [0.1, 0.15) is 5.60 Å². The van der Waals surface area contributed by atoms with Crippen molar-refractivity contribution in [3.8, 4) is 0 Å². The summed E-state index contributed by atoms with van der Waals surface area (Å²) >= 11 is 0. The molecule has 4 nitrogen and oxygen atoms in total. The molecule has 4 heteroatoms. The zero-order valence-electron chi connectivity index (χ0n) is 16.6. The third-order valence-corrected chi connectivity index (χ3v) is 4.36. The van der Waals surface area contributed by atoms with Gasteiger partial charge in [0.25, 0.3) is 0 Å². The summed E-state index contributed by atoms with van der Waals surface area (Å²) in [6, 6.07) is 0.584. The second-order valence-corrected chi connectivity index (χ2v) is 9.82. The van der Waals surface area contributed by atoms with Crippen LogP contribution in [-0.4, -0.2) is 42.8 Å². The molecule has 0 unspecified atom stereocenters. The van der Waals surface area contributed by atoms with Crippen LogP contribution in [0.3, 0.4) is 0 Å². The van der Waals surface area contributed by atoms with Crippen molar-refractivity contribution < 1.29 is 9.53 Å². The molecule has 0 aromatic rings. The van der Waals surface area contributed by atoms with Gasteiger partial charge in [-0.25, -0.2) is 4.79 Å². The largest absolute Gasteiger partial charge is 0.444 e. The van der Waals surface area contributed by atoms with Crippen molar-refractivity contribution >= 4 is 6.09 Å². The molecule has 23 heavy (non-hydrogen) atoms. The Morgan fingerprint density at radius 3 is 2.17 bits per heavy atom. The van der Waals surface area contributed by atoms with Gasteiger partial charge in [0.2, 0.25) is 0 Å². The molecule has 1 N–H and O–H groups in total. The molecule has 1 aliphatic carbocycles. The van der Waals surface area contributed by atoms with Gasteiger partial charge < -0.3 is 15.0 Å². The van der Waals surface area contributed by atoms with E-state index in [0.717, 1.165) is 19.5 Å². The highest BCUT2D eigenvalue weighted by molar-refractivity contribution is 5.67. The number of nitrogens with zero attached hydrogens (tertiary/aromatic N) is 1. The summed E-state index contributed by atoms with van der Waals surface area (Å²) in [4.78, 5) is 13.6. The number of amides is 1. The lowest BCUT2D eigenvalue weighted by atomic mass is 9.63. The standard InChI is InChI=1S/C19H38N2O2/c1-17(2,3)23-16(22)21(8)11-9-10-20-15-12-18(4,5)14-19(6,7)13-15/h15,20H,9-14H2,1-8H3. The van der Waals surface area contributed by atoms with Gasteiger partial charge in [-0.15, -0.1) is 0 Å². The first-order chi connectivity index (χ1) is 10.3. The first-order valence-corrected chi connectivity index (χ1v) is 8.97. The fourth-order valence-electron chi connectivity index (χ4n) is 4.04. The maximum atomic E-state index is 11.9. The summed E-state index contributed by atoms with van der Waals surface area (Å²) in [5.41, 5.74) is 0.391. The number of rotatable bonds is 5. The SMILES string of the molecule is CN(CCCNC1CC(C)(C)CC(C)(C)C1)C(=O)OC(C)(C)C. The van der Waals surface area contributed by atoms with Gasteiger partial charge in [0, 0.05) is 19.6 Å². The monoisotopic (exact) mass is 326 g/mol. The minimum absolute atomic E-state index is 0.238. The predicted octanol–water partition coefficient (Wildman–Crippen LogP) is 4.44. The number of hydrogen-bond acceptors (Lipinski definition) is 3. The van der Waals surface area contributed by atoms with Crippen molar-refractivity contribution in [2.24, 2.45) is 10.8 Å². The minimum atomic E-state index is -0.428. The molecule has 1 amide bonds. The van der Waals surface area contributed by atoms with E-state index in [-0.39, 0.29) is 6.09 Å². The van der Waals surface area contributed by atoms with Crippen molar-refractivity contribution in [2.45, 2.75) is 85.8 Å². The molecule has 0 atom stereocenters. The van der Waals surface area contributed by atoms with Crippen LogP contribution in [0.1, 0.15) is 74.1 Å². The lowest BCUT2D eigenvalue weighted by molar-refractivity contribution is 0.0296. The van der Waals surface area contributed by atoms with Crippen LogP contribution in [0.25, 0.3) is 0 Å². The highest BCUT2D eigenvalue weighted by Gasteiger charge is 2.38. The minimum Gasteiger partial charge on any atom is -0.444 e. The maximum Gasteiger partial charge on any atom is 0.410 e. The lowest BCUT2D eigenvalue weighted by Gasteiger charge is -2.45. The van der Waals surface area contributed by atoms with Crippen LogP contribution in [0.5, 0.6) is 0 Å². The van der Waals surface area contributed by atoms with Crippen molar-refractivity contribution in [2.75, 3.05) is 20.1 Å². The second-order valence-electron chi connectivity index (χ2n) is 9.82. The maximum absolute atomic E-state index is 11.9. The average molecular weight is 327 g/mol. The molecule has 0 radical (unpaired) electrons. The highest BCUT2D eigenvalue weighted by atomic mass is 16.6. The van der Waals surface area contributed by atoms with E-state index in [2.05, 4.69) is 33.0 Å². The molecule has 0 spiro atoms. The average Bonchev–Trinajstić information content (AvgIpc) is 2.28. The van der Waals surface area contributed by atoms with E-state index in [4.69, 9.17) is 4.74 Å². The fourth-order valence-corrected chi connectivity index (χ4v) is 4.04. The van der Waals surface area contributed by atoms with Crippen molar-refractivity contribution in [1.29, 1.82) is 0 Å². The van der Waals surface area contributed by atoms with Crippen LogP contribution in [-0.2, 0) is 4.74 Å². The number of hydrogen-bond donors (Lipinski definition) is 1. The number of carbonyl (C=O) groups is 1. The van der Waals surface area contributed by atoms with Gasteiger partial charge in [-0.05, 0) is 63.8 Å². The normalized spacial score (nSPS) is 21.0. The molecule has 0 aliphatic heterocycles. The quantitative estimate of drug-likeness (QED) is 0.760. The van der Waals surface area contributed by atoms with Crippen molar-refractivity contribution in [1.82, 2.24) is 10.2 Å². The van der Waals surface area contributed by atoms with E-state index in [1.165, 1.54) is 19.3 Å². The Balaban J connectivity index is 2.30.